The van der Waals surface area contributed by atoms with Crippen LogP contribution in [0.2, 0.25) is 0 Å². The Hall–Kier alpha value is -0.840. The van der Waals surface area contributed by atoms with Crippen LogP contribution < -0.4 is 5.32 Å². The van der Waals surface area contributed by atoms with Crippen LogP contribution in [0, 0.1) is 12.8 Å². The third kappa shape index (κ3) is 3.14. The molecule has 0 saturated heterocycles. The lowest BCUT2D eigenvalue weighted by molar-refractivity contribution is 0.0912. The quantitative estimate of drug-likeness (QED) is 0.840. The SMILES string of the molecule is Cc1cc(C(=O)NCC(C)CBr)on1. The van der Waals surface area contributed by atoms with Gasteiger partial charge in [-0.25, -0.2) is 0 Å². The number of aryl methyl sites for hydroxylation is 1. The molecule has 0 aliphatic carbocycles. The Morgan fingerprint density at radius 2 is 2.50 bits per heavy atom. The highest BCUT2D eigenvalue weighted by atomic mass is 79.9. The molecule has 4 nitrogen and oxygen atoms in total. The molecule has 0 radical (unpaired) electrons. The summed E-state index contributed by atoms with van der Waals surface area (Å²) >= 11 is 3.34. The molecule has 1 amide bonds. The summed E-state index contributed by atoms with van der Waals surface area (Å²) in [6.45, 7) is 4.45. The number of aromatic nitrogens is 1. The van der Waals surface area contributed by atoms with Crippen molar-refractivity contribution in [3.05, 3.63) is 17.5 Å². The van der Waals surface area contributed by atoms with Crippen molar-refractivity contribution in [3.63, 3.8) is 0 Å². The van der Waals surface area contributed by atoms with E-state index in [-0.39, 0.29) is 11.7 Å². The third-order valence-electron chi connectivity index (χ3n) is 1.73. The summed E-state index contributed by atoms with van der Waals surface area (Å²) in [5.74, 6) is 0.464. The smallest absolute Gasteiger partial charge is 0.289 e. The Kier molecular flexibility index (Phi) is 4.13. The van der Waals surface area contributed by atoms with Gasteiger partial charge >= 0.3 is 0 Å². The van der Waals surface area contributed by atoms with Gasteiger partial charge < -0.3 is 9.84 Å². The molecule has 1 atom stereocenters. The van der Waals surface area contributed by atoms with Crippen LogP contribution in [-0.4, -0.2) is 22.9 Å². The van der Waals surface area contributed by atoms with E-state index in [9.17, 15) is 4.79 Å². The van der Waals surface area contributed by atoms with E-state index in [1.807, 2.05) is 6.92 Å². The minimum atomic E-state index is -0.210. The van der Waals surface area contributed by atoms with E-state index in [1.54, 1.807) is 13.0 Å². The first-order chi connectivity index (χ1) is 6.63. The van der Waals surface area contributed by atoms with E-state index in [0.717, 1.165) is 5.33 Å². The van der Waals surface area contributed by atoms with E-state index in [2.05, 4.69) is 26.4 Å². The van der Waals surface area contributed by atoms with Gasteiger partial charge in [0.25, 0.3) is 5.91 Å². The minimum Gasteiger partial charge on any atom is -0.351 e. The molecular formula is C9H13BrN2O2. The number of hydrogen-bond acceptors (Lipinski definition) is 3. The number of nitrogens with zero attached hydrogens (tertiary/aromatic N) is 1. The predicted molar refractivity (Wildman–Crippen MR) is 56.5 cm³/mol. The van der Waals surface area contributed by atoms with Crippen molar-refractivity contribution in [2.24, 2.45) is 5.92 Å². The maximum Gasteiger partial charge on any atom is 0.289 e. The standard InChI is InChI=1S/C9H13BrN2O2/c1-6(4-10)5-11-9(13)8-3-7(2)12-14-8/h3,6H,4-5H2,1-2H3,(H,11,13). The maximum atomic E-state index is 11.4. The van der Waals surface area contributed by atoms with Crippen molar-refractivity contribution in [3.8, 4) is 0 Å². The van der Waals surface area contributed by atoms with Crippen LogP contribution in [0.1, 0.15) is 23.2 Å². The molecule has 0 aliphatic rings. The first-order valence-corrected chi connectivity index (χ1v) is 5.53. The highest BCUT2D eigenvalue weighted by molar-refractivity contribution is 9.09. The lowest BCUT2D eigenvalue weighted by Crippen LogP contribution is -2.28. The summed E-state index contributed by atoms with van der Waals surface area (Å²) < 4.78 is 4.82. The molecule has 1 N–H and O–H groups in total. The highest BCUT2D eigenvalue weighted by Gasteiger charge is 2.11. The van der Waals surface area contributed by atoms with Gasteiger partial charge in [-0.2, -0.15) is 0 Å². The summed E-state index contributed by atoms with van der Waals surface area (Å²) in [4.78, 5) is 11.4. The van der Waals surface area contributed by atoms with Crippen LogP contribution in [0.15, 0.2) is 10.6 Å². The van der Waals surface area contributed by atoms with Crippen LogP contribution in [0.3, 0.4) is 0 Å². The summed E-state index contributed by atoms with van der Waals surface area (Å²) in [7, 11) is 0. The van der Waals surface area contributed by atoms with Gasteiger partial charge in [0.2, 0.25) is 5.76 Å². The van der Waals surface area contributed by atoms with Crippen molar-refractivity contribution in [1.82, 2.24) is 10.5 Å². The maximum absolute atomic E-state index is 11.4. The third-order valence-corrected chi connectivity index (χ3v) is 2.83. The van der Waals surface area contributed by atoms with Crippen LogP contribution in [0.5, 0.6) is 0 Å². The largest absolute Gasteiger partial charge is 0.351 e. The van der Waals surface area contributed by atoms with Crippen molar-refractivity contribution < 1.29 is 9.32 Å². The van der Waals surface area contributed by atoms with Gasteiger partial charge in [0.05, 0.1) is 5.69 Å². The minimum absolute atomic E-state index is 0.210. The second kappa shape index (κ2) is 5.14. The van der Waals surface area contributed by atoms with Crippen molar-refractivity contribution in [2.75, 3.05) is 11.9 Å². The Balaban J connectivity index is 2.43. The first kappa shape index (κ1) is 11.2. The summed E-state index contributed by atoms with van der Waals surface area (Å²) in [5.41, 5.74) is 0.712. The van der Waals surface area contributed by atoms with E-state index in [0.29, 0.717) is 18.2 Å². The van der Waals surface area contributed by atoms with Crippen molar-refractivity contribution in [2.45, 2.75) is 13.8 Å². The molecular weight excluding hydrogens is 248 g/mol. The fraction of sp³-hybridized carbons (Fsp3) is 0.556. The second-order valence-corrected chi connectivity index (χ2v) is 3.95. The monoisotopic (exact) mass is 260 g/mol. The molecule has 0 fully saturated rings. The van der Waals surface area contributed by atoms with Gasteiger partial charge in [-0.05, 0) is 12.8 Å². The number of nitrogens with one attached hydrogen (secondary N) is 1. The Morgan fingerprint density at radius 3 is 3.00 bits per heavy atom. The van der Waals surface area contributed by atoms with Crippen molar-refractivity contribution in [1.29, 1.82) is 0 Å². The molecule has 1 rings (SSSR count). The first-order valence-electron chi connectivity index (χ1n) is 4.41. The van der Waals surface area contributed by atoms with Crippen LogP contribution in [0.4, 0.5) is 0 Å². The average Bonchev–Trinajstić information content (AvgIpc) is 2.60. The number of alkyl halides is 1. The summed E-state index contributed by atoms with van der Waals surface area (Å²) in [6.07, 6.45) is 0. The highest BCUT2D eigenvalue weighted by Crippen LogP contribution is 2.03. The molecule has 0 spiro atoms. The molecule has 1 aromatic heterocycles. The number of rotatable bonds is 4. The van der Waals surface area contributed by atoms with E-state index < -0.39 is 0 Å². The van der Waals surface area contributed by atoms with Crippen LogP contribution in [0.25, 0.3) is 0 Å². The zero-order valence-corrected chi connectivity index (χ0v) is 9.80. The average molecular weight is 261 g/mol. The van der Waals surface area contributed by atoms with Crippen LogP contribution in [-0.2, 0) is 0 Å². The zero-order valence-electron chi connectivity index (χ0n) is 8.21. The molecule has 1 heterocycles. The van der Waals surface area contributed by atoms with Crippen LogP contribution >= 0.6 is 15.9 Å². The normalized spacial score (nSPS) is 12.5. The number of halogens is 1. The molecule has 1 aromatic rings. The summed E-state index contributed by atoms with van der Waals surface area (Å²) in [6, 6.07) is 1.62. The van der Waals surface area contributed by atoms with Gasteiger partial charge in [-0.15, -0.1) is 0 Å². The van der Waals surface area contributed by atoms with Crippen molar-refractivity contribution >= 4 is 21.8 Å². The van der Waals surface area contributed by atoms with E-state index in [4.69, 9.17) is 4.52 Å². The number of hydrogen-bond donors (Lipinski definition) is 1. The lowest BCUT2D eigenvalue weighted by Gasteiger charge is -2.07. The molecule has 1 unspecified atom stereocenters. The van der Waals surface area contributed by atoms with Gasteiger partial charge in [-0.3, -0.25) is 4.79 Å². The Bertz CT molecular complexity index is 312. The summed E-state index contributed by atoms with van der Waals surface area (Å²) in [5, 5.41) is 7.26. The molecule has 0 aromatic carbocycles. The van der Waals surface area contributed by atoms with E-state index >= 15 is 0 Å². The Morgan fingerprint density at radius 1 is 1.79 bits per heavy atom. The number of carbonyl (C=O) groups excluding carboxylic acids is 1. The number of amides is 1. The molecule has 78 valence electrons. The zero-order chi connectivity index (χ0) is 10.6. The predicted octanol–water partition coefficient (Wildman–Crippen LogP) is 1.74. The molecule has 0 saturated carbocycles. The fourth-order valence-corrected chi connectivity index (χ4v) is 1.11. The van der Waals surface area contributed by atoms with E-state index in [1.165, 1.54) is 0 Å². The molecule has 0 aliphatic heterocycles. The number of carbonyl (C=O) groups is 1. The molecule has 5 heteroatoms. The van der Waals surface area contributed by atoms with Gasteiger partial charge in [0, 0.05) is 17.9 Å². The second-order valence-electron chi connectivity index (χ2n) is 3.30. The lowest BCUT2D eigenvalue weighted by atomic mass is 10.2. The van der Waals surface area contributed by atoms with Gasteiger partial charge in [0.1, 0.15) is 0 Å². The molecule has 0 bridgehead atoms. The fourth-order valence-electron chi connectivity index (χ4n) is 0.879. The van der Waals surface area contributed by atoms with Gasteiger partial charge in [-0.1, -0.05) is 28.0 Å². The Labute approximate surface area is 91.2 Å². The topological polar surface area (TPSA) is 55.1 Å². The molecule has 14 heavy (non-hydrogen) atoms. The van der Waals surface area contributed by atoms with Gasteiger partial charge in [0.15, 0.2) is 0 Å².